The van der Waals surface area contributed by atoms with Gasteiger partial charge in [0, 0.05) is 6.20 Å². The van der Waals surface area contributed by atoms with Crippen molar-refractivity contribution in [3.05, 3.63) is 36.0 Å². The van der Waals surface area contributed by atoms with Crippen LogP contribution in [0.1, 0.15) is 5.56 Å². The molecule has 0 saturated carbocycles. The summed E-state index contributed by atoms with van der Waals surface area (Å²) in [6.45, 7) is -0.818. The molecule has 0 aliphatic heterocycles. The summed E-state index contributed by atoms with van der Waals surface area (Å²) in [6, 6.07) is 7.67. The minimum Gasteiger partial charge on any atom is -0.351 e. The number of nitrogens with two attached hydrogens (primary N) is 1. The minimum atomic E-state index is -4.30. The highest BCUT2D eigenvalue weighted by atomic mass is 19.4. The molecule has 0 amide bonds. The highest BCUT2D eigenvalue weighted by Crippen LogP contribution is 2.19. The van der Waals surface area contributed by atoms with Gasteiger partial charge in [-0.1, -0.05) is 12.1 Å². The number of rotatable bonds is 5. The molecular weight excluding hydrogens is 257 g/mol. The summed E-state index contributed by atoms with van der Waals surface area (Å²) in [6.07, 6.45) is -1.84. The predicted octanol–water partition coefficient (Wildman–Crippen LogP) is 2.68. The molecule has 0 radical (unpaired) electrons. The largest absolute Gasteiger partial charge is 0.411 e. The first-order valence-electron chi connectivity index (χ1n) is 5.92. The molecule has 104 valence electrons. The number of hydrogen-bond donors (Lipinski definition) is 1. The van der Waals surface area contributed by atoms with Crippen LogP contribution in [-0.4, -0.2) is 23.9 Å². The Morgan fingerprint density at radius 2 is 2.00 bits per heavy atom. The standard InChI is InChI=1S/C13H15F3N2O/c14-13(15,16)8-19-9-18-6-4-11-2-1-10(3-5-17)7-12(11)18/h1-2,4,6-7H,3,5,8-9,17H2. The number of nitrogens with zero attached hydrogens (tertiary/aromatic N) is 1. The van der Waals surface area contributed by atoms with E-state index in [1.54, 1.807) is 10.8 Å². The average molecular weight is 272 g/mol. The van der Waals surface area contributed by atoms with E-state index in [2.05, 4.69) is 4.74 Å². The number of benzene rings is 1. The van der Waals surface area contributed by atoms with Gasteiger partial charge in [0.15, 0.2) is 0 Å². The number of aromatic nitrogens is 1. The maximum absolute atomic E-state index is 12.0. The van der Waals surface area contributed by atoms with Crippen LogP contribution in [0, 0.1) is 0 Å². The summed E-state index contributed by atoms with van der Waals surface area (Å²) in [5.74, 6) is 0. The quantitative estimate of drug-likeness (QED) is 0.909. The van der Waals surface area contributed by atoms with Crippen molar-refractivity contribution >= 4 is 10.9 Å². The summed E-state index contributed by atoms with van der Waals surface area (Å²) in [5, 5.41) is 0.969. The second-order valence-electron chi connectivity index (χ2n) is 4.31. The third-order valence-corrected chi connectivity index (χ3v) is 2.77. The van der Waals surface area contributed by atoms with E-state index in [0.717, 1.165) is 22.9 Å². The van der Waals surface area contributed by atoms with Gasteiger partial charge in [-0.15, -0.1) is 0 Å². The van der Waals surface area contributed by atoms with Gasteiger partial charge in [0.1, 0.15) is 13.3 Å². The SMILES string of the molecule is NCCc1ccc2ccn(COCC(F)(F)F)c2c1. The molecule has 1 aromatic heterocycles. The lowest BCUT2D eigenvalue weighted by Crippen LogP contribution is -2.18. The first-order valence-corrected chi connectivity index (χ1v) is 5.92. The first kappa shape index (κ1) is 13.9. The van der Waals surface area contributed by atoms with Crippen LogP contribution in [0.2, 0.25) is 0 Å². The smallest absolute Gasteiger partial charge is 0.351 e. The number of fused-ring (bicyclic) bond motifs is 1. The summed E-state index contributed by atoms with van der Waals surface area (Å²) in [5.41, 5.74) is 7.41. The Balaban J connectivity index is 2.12. The highest BCUT2D eigenvalue weighted by molar-refractivity contribution is 5.80. The second-order valence-corrected chi connectivity index (χ2v) is 4.31. The Morgan fingerprint density at radius 1 is 1.21 bits per heavy atom. The van der Waals surface area contributed by atoms with Crippen LogP contribution < -0.4 is 5.73 Å². The molecule has 0 aliphatic carbocycles. The molecule has 0 atom stereocenters. The molecule has 0 fully saturated rings. The molecule has 0 saturated heterocycles. The third kappa shape index (κ3) is 3.71. The van der Waals surface area contributed by atoms with Gasteiger partial charge >= 0.3 is 6.18 Å². The van der Waals surface area contributed by atoms with Crippen molar-refractivity contribution in [1.82, 2.24) is 4.57 Å². The zero-order valence-electron chi connectivity index (χ0n) is 10.3. The lowest BCUT2D eigenvalue weighted by Gasteiger charge is -2.10. The van der Waals surface area contributed by atoms with Crippen LogP contribution in [0.25, 0.3) is 10.9 Å². The Kier molecular flexibility index (Phi) is 4.11. The molecule has 19 heavy (non-hydrogen) atoms. The van der Waals surface area contributed by atoms with Crippen molar-refractivity contribution in [3.8, 4) is 0 Å². The van der Waals surface area contributed by atoms with Crippen LogP contribution >= 0.6 is 0 Å². The maximum Gasteiger partial charge on any atom is 0.411 e. The van der Waals surface area contributed by atoms with Crippen molar-refractivity contribution in [2.24, 2.45) is 5.73 Å². The average Bonchev–Trinajstić information content (AvgIpc) is 2.71. The molecule has 0 spiro atoms. The van der Waals surface area contributed by atoms with E-state index in [1.807, 2.05) is 24.3 Å². The predicted molar refractivity (Wildman–Crippen MR) is 66.7 cm³/mol. The molecule has 3 nitrogen and oxygen atoms in total. The van der Waals surface area contributed by atoms with E-state index in [1.165, 1.54) is 0 Å². The Hall–Kier alpha value is -1.53. The molecule has 0 unspecified atom stereocenters. The molecule has 1 heterocycles. The Morgan fingerprint density at radius 3 is 2.68 bits per heavy atom. The molecule has 2 N–H and O–H groups in total. The number of ether oxygens (including phenoxy) is 1. The van der Waals surface area contributed by atoms with E-state index in [-0.39, 0.29) is 6.73 Å². The Bertz CT molecular complexity index is 548. The summed E-state index contributed by atoms with van der Waals surface area (Å²) >= 11 is 0. The van der Waals surface area contributed by atoms with Gasteiger partial charge in [-0.25, -0.2) is 0 Å². The van der Waals surface area contributed by atoms with Crippen molar-refractivity contribution < 1.29 is 17.9 Å². The van der Waals surface area contributed by atoms with Gasteiger partial charge in [0.25, 0.3) is 0 Å². The zero-order valence-corrected chi connectivity index (χ0v) is 10.3. The second kappa shape index (κ2) is 5.63. The fourth-order valence-electron chi connectivity index (χ4n) is 1.92. The fraction of sp³-hybridized carbons (Fsp3) is 0.385. The van der Waals surface area contributed by atoms with Gasteiger partial charge in [-0.3, -0.25) is 0 Å². The molecular formula is C13H15F3N2O. The van der Waals surface area contributed by atoms with Crippen LogP contribution in [0.15, 0.2) is 30.5 Å². The molecule has 2 rings (SSSR count). The first-order chi connectivity index (χ1) is 8.99. The highest BCUT2D eigenvalue weighted by Gasteiger charge is 2.27. The Labute approximate surface area is 108 Å². The van der Waals surface area contributed by atoms with Gasteiger partial charge in [-0.05, 0) is 36.0 Å². The van der Waals surface area contributed by atoms with Crippen molar-refractivity contribution in [2.75, 3.05) is 13.2 Å². The van der Waals surface area contributed by atoms with Crippen molar-refractivity contribution in [1.29, 1.82) is 0 Å². The van der Waals surface area contributed by atoms with Crippen LogP contribution in [0.5, 0.6) is 0 Å². The summed E-state index contributed by atoms with van der Waals surface area (Å²) in [7, 11) is 0. The fourth-order valence-corrected chi connectivity index (χ4v) is 1.92. The molecule has 6 heteroatoms. The maximum atomic E-state index is 12.0. The molecule has 2 aromatic rings. The molecule has 0 bridgehead atoms. The van der Waals surface area contributed by atoms with Crippen LogP contribution in [0.3, 0.4) is 0 Å². The molecule has 0 aliphatic rings. The van der Waals surface area contributed by atoms with E-state index in [4.69, 9.17) is 5.73 Å². The van der Waals surface area contributed by atoms with Gasteiger partial charge in [0.2, 0.25) is 0 Å². The van der Waals surface area contributed by atoms with Crippen LogP contribution in [0.4, 0.5) is 13.2 Å². The molecule has 1 aromatic carbocycles. The van der Waals surface area contributed by atoms with Crippen molar-refractivity contribution in [2.45, 2.75) is 19.3 Å². The summed E-state index contributed by atoms with van der Waals surface area (Å²) < 4.78 is 42.4. The number of hydrogen-bond acceptors (Lipinski definition) is 2. The van der Waals surface area contributed by atoms with Crippen LogP contribution in [-0.2, 0) is 17.9 Å². The monoisotopic (exact) mass is 272 g/mol. The lowest BCUT2D eigenvalue weighted by atomic mass is 10.1. The zero-order chi connectivity index (χ0) is 13.9. The summed E-state index contributed by atoms with van der Waals surface area (Å²) in [4.78, 5) is 0. The van der Waals surface area contributed by atoms with Gasteiger partial charge in [0.05, 0.1) is 5.52 Å². The third-order valence-electron chi connectivity index (χ3n) is 2.77. The number of alkyl halides is 3. The lowest BCUT2D eigenvalue weighted by molar-refractivity contribution is -0.181. The van der Waals surface area contributed by atoms with E-state index in [0.29, 0.717) is 6.54 Å². The minimum absolute atomic E-state index is 0.116. The van der Waals surface area contributed by atoms with E-state index in [9.17, 15) is 13.2 Å². The van der Waals surface area contributed by atoms with E-state index >= 15 is 0 Å². The number of halogens is 3. The van der Waals surface area contributed by atoms with Gasteiger partial charge in [-0.2, -0.15) is 13.2 Å². The topological polar surface area (TPSA) is 40.2 Å². The van der Waals surface area contributed by atoms with E-state index < -0.39 is 12.8 Å². The van der Waals surface area contributed by atoms with Crippen molar-refractivity contribution in [3.63, 3.8) is 0 Å². The normalized spacial score (nSPS) is 12.2. The van der Waals surface area contributed by atoms with Gasteiger partial charge < -0.3 is 15.0 Å².